The number of hydrogen-bond acceptors (Lipinski definition) is 5. The fourth-order valence-corrected chi connectivity index (χ4v) is 3.51. The molecule has 0 bridgehead atoms. The van der Waals surface area contributed by atoms with Crippen LogP contribution >= 0.6 is 11.3 Å². The zero-order chi connectivity index (χ0) is 17.1. The summed E-state index contributed by atoms with van der Waals surface area (Å²) in [5.41, 5.74) is 1.95. The molecule has 0 fully saturated rings. The second kappa shape index (κ2) is 7.05. The van der Waals surface area contributed by atoms with E-state index in [0.717, 1.165) is 28.2 Å². The second-order valence-corrected chi connectivity index (χ2v) is 6.75. The van der Waals surface area contributed by atoms with Crippen LogP contribution in [-0.2, 0) is 16.1 Å². The van der Waals surface area contributed by atoms with E-state index in [2.05, 4.69) is 5.32 Å². The number of para-hydroxylation sites is 1. The molecule has 0 aliphatic carbocycles. The van der Waals surface area contributed by atoms with Crippen LogP contribution in [0, 0.1) is 0 Å². The van der Waals surface area contributed by atoms with Crippen molar-refractivity contribution < 1.29 is 19.1 Å². The minimum absolute atomic E-state index is 0.0684. The first-order chi connectivity index (χ1) is 11.6. The number of fused-ring (bicyclic) bond motifs is 3. The maximum Gasteiger partial charge on any atom is 0.348 e. The quantitative estimate of drug-likeness (QED) is 0.844. The van der Waals surface area contributed by atoms with Gasteiger partial charge in [-0.15, -0.1) is 11.3 Å². The van der Waals surface area contributed by atoms with Gasteiger partial charge in [-0.05, 0) is 31.5 Å². The van der Waals surface area contributed by atoms with Crippen LogP contribution in [-0.4, -0.2) is 24.5 Å². The van der Waals surface area contributed by atoms with Crippen molar-refractivity contribution in [1.29, 1.82) is 0 Å². The van der Waals surface area contributed by atoms with Gasteiger partial charge in [-0.2, -0.15) is 0 Å². The van der Waals surface area contributed by atoms with Crippen molar-refractivity contribution in [2.75, 3.05) is 6.61 Å². The number of carbonyl (C=O) groups excluding carboxylic acids is 2. The van der Waals surface area contributed by atoms with Crippen molar-refractivity contribution in [2.24, 2.45) is 0 Å². The number of thiophene rings is 1. The molecule has 2 aromatic rings. The Hall–Kier alpha value is -2.34. The van der Waals surface area contributed by atoms with E-state index in [1.807, 2.05) is 38.1 Å². The lowest BCUT2D eigenvalue weighted by atomic mass is 10.1. The maximum atomic E-state index is 12.2. The van der Waals surface area contributed by atoms with Crippen LogP contribution in [0.3, 0.4) is 0 Å². The highest BCUT2D eigenvalue weighted by atomic mass is 32.1. The molecule has 0 saturated carbocycles. The topological polar surface area (TPSA) is 64.6 Å². The zero-order valence-electron chi connectivity index (χ0n) is 13.6. The zero-order valence-corrected chi connectivity index (χ0v) is 14.4. The molecular formula is C18H19NO4S. The Kier molecular flexibility index (Phi) is 4.85. The van der Waals surface area contributed by atoms with Crippen molar-refractivity contribution in [1.82, 2.24) is 5.32 Å². The number of benzene rings is 1. The lowest BCUT2D eigenvalue weighted by molar-refractivity contribution is -0.124. The lowest BCUT2D eigenvalue weighted by Crippen LogP contribution is -2.35. The van der Waals surface area contributed by atoms with Crippen molar-refractivity contribution in [2.45, 2.75) is 32.9 Å². The molecular weight excluding hydrogens is 326 g/mol. The van der Waals surface area contributed by atoms with E-state index in [1.165, 1.54) is 11.3 Å². The van der Waals surface area contributed by atoms with Gasteiger partial charge in [-0.3, -0.25) is 4.79 Å². The number of nitrogens with one attached hydrogen (secondary N) is 1. The van der Waals surface area contributed by atoms with Crippen LogP contribution in [0.15, 0.2) is 30.3 Å². The van der Waals surface area contributed by atoms with Gasteiger partial charge in [0, 0.05) is 22.0 Å². The average molecular weight is 345 g/mol. The Morgan fingerprint density at radius 1 is 1.38 bits per heavy atom. The van der Waals surface area contributed by atoms with E-state index in [1.54, 1.807) is 6.07 Å². The number of ether oxygens (including phenoxy) is 2. The molecule has 5 nitrogen and oxygen atoms in total. The predicted octanol–water partition coefficient (Wildman–Crippen LogP) is 3.38. The molecule has 1 aliphatic rings. The van der Waals surface area contributed by atoms with Gasteiger partial charge >= 0.3 is 5.97 Å². The number of esters is 1. The average Bonchev–Trinajstić information content (AvgIpc) is 3.04. The third kappa shape index (κ3) is 3.43. The van der Waals surface area contributed by atoms with E-state index in [9.17, 15) is 9.59 Å². The molecule has 1 amide bonds. The normalized spacial score (nSPS) is 13.2. The summed E-state index contributed by atoms with van der Waals surface area (Å²) < 4.78 is 10.8. The molecule has 1 aromatic carbocycles. The molecule has 1 aromatic heterocycles. The van der Waals surface area contributed by atoms with Gasteiger partial charge in [0.05, 0.1) is 0 Å². The standard InChI is InChI=1S/C18H19NO4S/c1-3-11(2)19-16(20)10-23-18(21)15-8-12-9-22-14-7-5-4-6-13(14)17(12)24-15/h4-8,11H,3,9-10H2,1-2H3,(H,19,20). The van der Waals surface area contributed by atoms with E-state index in [-0.39, 0.29) is 18.6 Å². The molecule has 1 aliphatic heterocycles. The Bertz CT molecular complexity index is 768. The Balaban J connectivity index is 1.68. The van der Waals surface area contributed by atoms with Gasteiger partial charge in [-0.25, -0.2) is 4.79 Å². The highest BCUT2D eigenvalue weighted by molar-refractivity contribution is 7.17. The molecule has 0 radical (unpaired) electrons. The number of hydrogen-bond donors (Lipinski definition) is 1. The van der Waals surface area contributed by atoms with Crippen LogP contribution in [0.4, 0.5) is 0 Å². The molecule has 24 heavy (non-hydrogen) atoms. The number of amides is 1. The van der Waals surface area contributed by atoms with Crippen molar-refractivity contribution >= 4 is 23.2 Å². The van der Waals surface area contributed by atoms with Gasteiger partial charge in [0.1, 0.15) is 17.2 Å². The van der Waals surface area contributed by atoms with Crippen LogP contribution in [0.25, 0.3) is 10.4 Å². The van der Waals surface area contributed by atoms with Gasteiger partial charge < -0.3 is 14.8 Å². The lowest BCUT2D eigenvalue weighted by Gasteiger charge is -2.16. The summed E-state index contributed by atoms with van der Waals surface area (Å²) in [7, 11) is 0. The molecule has 1 unspecified atom stereocenters. The monoisotopic (exact) mass is 345 g/mol. The molecule has 0 saturated heterocycles. The molecule has 0 spiro atoms. The predicted molar refractivity (Wildman–Crippen MR) is 92.3 cm³/mol. The Morgan fingerprint density at radius 2 is 2.17 bits per heavy atom. The molecule has 1 atom stereocenters. The first kappa shape index (κ1) is 16.5. The van der Waals surface area contributed by atoms with Crippen LogP contribution in [0.2, 0.25) is 0 Å². The third-order valence-corrected chi connectivity index (χ3v) is 5.07. The van der Waals surface area contributed by atoms with Crippen molar-refractivity contribution in [3.63, 3.8) is 0 Å². The van der Waals surface area contributed by atoms with E-state index < -0.39 is 5.97 Å². The Labute approximate surface area is 144 Å². The van der Waals surface area contributed by atoms with E-state index in [0.29, 0.717) is 11.5 Å². The first-order valence-electron chi connectivity index (χ1n) is 7.90. The number of carbonyl (C=O) groups is 2. The largest absolute Gasteiger partial charge is 0.488 e. The fourth-order valence-electron chi connectivity index (χ4n) is 2.42. The van der Waals surface area contributed by atoms with Crippen molar-refractivity contribution in [3.05, 3.63) is 40.8 Å². The van der Waals surface area contributed by atoms with Crippen LogP contribution < -0.4 is 10.1 Å². The second-order valence-electron chi connectivity index (χ2n) is 5.70. The molecule has 1 N–H and O–H groups in total. The summed E-state index contributed by atoms with van der Waals surface area (Å²) in [6.07, 6.45) is 0.830. The summed E-state index contributed by atoms with van der Waals surface area (Å²) in [5.74, 6) is 0.0542. The summed E-state index contributed by atoms with van der Waals surface area (Å²) in [4.78, 5) is 25.4. The smallest absolute Gasteiger partial charge is 0.348 e. The molecule has 3 rings (SSSR count). The Morgan fingerprint density at radius 3 is 2.96 bits per heavy atom. The summed E-state index contributed by atoms with van der Waals surface area (Å²) in [6, 6.07) is 9.59. The molecule has 6 heteroatoms. The molecule has 2 heterocycles. The van der Waals surface area contributed by atoms with Gasteiger partial charge in [0.25, 0.3) is 5.91 Å². The fraction of sp³-hybridized carbons (Fsp3) is 0.333. The number of rotatable bonds is 5. The third-order valence-electron chi connectivity index (χ3n) is 3.88. The van der Waals surface area contributed by atoms with Gasteiger partial charge in [0.15, 0.2) is 6.61 Å². The summed E-state index contributed by atoms with van der Waals surface area (Å²) in [5, 5.41) is 2.77. The van der Waals surface area contributed by atoms with Crippen LogP contribution in [0.5, 0.6) is 5.75 Å². The summed E-state index contributed by atoms with van der Waals surface area (Å²) >= 11 is 1.37. The first-order valence-corrected chi connectivity index (χ1v) is 8.71. The minimum Gasteiger partial charge on any atom is -0.488 e. The summed E-state index contributed by atoms with van der Waals surface area (Å²) in [6.45, 7) is 4.06. The highest BCUT2D eigenvalue weighted by Crippen LogP contribution is 2.42. The van der Waals surface area contributed by atoms with E-state index in [4.69, 9.17) is 9.47 Å². The van der Waals surface area contributed by atoms with Crippen LogP contribution in [0.1, 0.15) is 35.5 Å². The van der Waals surface area contributed by atoms with Gasteiger partial charge in [-0.1, -0.05) is 19.1 Å². The minimum atomic E-state index is -0.480. The molecule has 126 valence electrons. The SMILES string of the molecule is CCC(C)NC(=O)COC(=O)c1cc2c(s1)-c1ccccc1OC2. The van der Waals surface area contributed by atoms with E-state index >= 15 is 0 Å². The van der Waals surface area contributed by atoms with Gasteiger partial charge in [0.2, 0.25) is 0 Å². The maximum absolute atomic E-state index is 12.2. The van der Waals surface area contributed by atoms with Crippen molar-refractivity contribution in [3.8, 4) is 16.2 Å². The highest BCUT2D eigenvalue weighted by Gasteiger charge is 2.23.